The van der Waals surface area contributed by atoms with Crippen LogP contribution in [0.4, 0.5) is 0 Å². The van der Waals surface area contributed by atoms with Crippen LogP contribution in [0.1, 0.15) is 0 Å². The summed E-state index contributed by atoms with van der Waals surface area (Å²) in [6, 6.07) is 17.7. The first kappa shape index (κ1) is 12.0. The van der Waals surface area contributed by atoms with Gasteiger partial charge in [0.15, 0.2) is 0 Å². The van der Waals surface area contributed by atoms with Crippen LogP contribution in [-0.4, -0.2) is 12.1 Å². The normalized spacial score (nSPS) is 11.3. The molecule has 0 fully saturated rings. The first-order chi connectivity index (χ1) is 10.3. The van der Waals surface area contributed by atoms with E-state index in [0.29, 0.717) is 0 Å². The third-order valence-corrected chi connectivity index (χ3v) is 3.93. The predicted molar refractivity (Wildman–Crippen MR) is 86.1 cm³/mol. The fourth-order valence-electron chi connectivity index (χ4n) is 2.89. The number of H-pyrrole nitrogens is 1. The van der Waals surface area contributed by atoms with E-state index in [1.807, 2.05) is 42.5 Å². The Balaban J connectivity index is 2.24. The molecule has 21 heavy (non-hydrogen) atoms. The molecule has 0 aliphatic carbocycles. The van der Waals surface area contributed by atoms with E-state index in [0.717, 1.165) is 38.2 Å². The van der Waals surface area contributed by atoms with Crippen LogP contribution < -0.4 is 10.3 Å². The maximum atomic E-state index is 12.3. The zero-order chi connectivity index (χ0) is 14.4. The highest BCUT2D eigenvalue weighted by atomic mass is 16.5. The molecule has 0 radical (unpaired) electrons. The maximum Gasteiger partial charge on any atom is 0.256 e. The number of hydrogen-bond acceptors (Lipinski definition) is 2. The lowest BCUT2D eigenvalue weighted by Gasteiger charge is -2.08. The topological polar surface area (TPSA) is 42.1 Å². The molecule has 3 aromatic carbocycles. The number of ether oxygens (including phenoxy) is 1. The van der Waals surface area contributed by atoms with Crippen molar-refractivity contribution in [3.63, 3.8) is 0 Å². The second-order valence-corrected chi connectivity index (χ2v) is 5.07. The predicted octanol–water partition coefficient (Wildman–Crippen LogP) is 3.84. The molecule has 1 heterocycles. The van der Waals surface area contributed by atoms with Gasteiger partial charge in [-0.15, -0.1) is 0 Å². The molecule has 0 atom stereocenters. The van der Waals surface area contributed by atoms with Crippen LogP contribution in [0.3, 0.4) is 0 Å². The van der Waals surface area contributed by atoms with Crippen LogP contribution in [0.25, 0.3) is 32.4 Å². The molecule has 1 aromatic heterocycles. The molecular formula is C18H13NO2. The lowest BCUT2D eigenvalue weighted by Crippen LogP contribution is -2.06. The van der Waals surface area contributed by atoms with Gasteiger partial charge in [-0.25, -0.2) is 0 Å². The lowest BCUT2D eigenvalue weighted by atomic mass is 10.0. The molecule has 4 aromatic rings. The molecule has 0 aliphatic heterocycles. The van der Waals surface area contributed by atoms with Gasteiger partial charge in [0.2, 0.25) is 0 Å². The Morgan fingerprint density at radius 1 is 0.857 bits per heavy atom. The Morgan fingerprint density at radius 3 is 2.43 bits per heavy atom. The Hall–Kier alpha value is -2.81. The van der Waals surface area contributed by atoms with Crippen molar-refractivity contribution in [3.8, 4) is 5.75 Å². The van der Waals surface area contributed by atoms with Crippen LogP contribution in [0.5, 0.6) is 5.75 Å². The number of aromatic amines is 1. The van der Waals surface area contributed by atoms with Gasteiger partial charge in [0.1, 0.15) is 5.75 Å². The molecule has 0 saturated carbocycles. The molecule has 3 nitrogen and oxygen atoms in total. The van der Waals surface area contributed by atoms with Crippen molar-refractivity contribution in [1.82, 2.24) is 4.98 Å². The van der Waals surface area contributed by atoms with Gasteiger partial charge in [0.05, 0.1) is 12.6 Å². The molecule has 102 valence electrons. The van der Waals surface area contributed by atoms with Gasteiger partial charge in [-0.3, -0.25) is 4.79 Å². The summed E-state index contributed by atoms with van der Waals surface area (Å²) in [5.41, 5.74) is 0.820. The van der Waals surface area contributed by atoms with E-state index < -0.39 is 0 Å². The van der Waals surface area contributed by atoms with Gasteiger partial charge in [-0.05, 0) is 35.0 Å². The van der Waals surface area contributed by atoms with Crippen molar-refractivity contribution in [3.05, 3.63) is 65.0 Å². The van der Waals surface area contributed by atoms with Crippen molar-refractivity contribution in [2.45, 2.75) is 0 Å². The summed E-state index contributed by atoms with van der Waals surface area (Å²) in [4.78, 5) is 15.3. The molecule has 0 amide bonds. The lowest BCUT2D eigenvalue weighted by molar-refractivity contribution is 0.415. The molecule has 0 unspecified atom stereocenters. The molecule has 0 bridgehead atoms. The zero-order valence-electron chi connectivity index (χ0n) is 11.5. The smallest absolute Gasteiger partial charge is 0.256 e. The Labute approximate surface area is 120 Å². The average molecular weight is 275 g/mol. The summed E-state index contributed by atoms with van der Waals surface area (Å²) in [5.74, 6) is 0.810. The second kappa shape index (κ2) is 4.35. The highest BCUT2D eigenvalue weighted by Gasteiger charge is 2.08. The standard InChI is InChI=1S/C18H13NO2/c1-21-12-7-9-13-11(10-12)6-8-15-14-4-2-3-5-16(14)18(20)19-17(13)15/h2-10H,1H3,(H,19,20). The van der Waals surface area contributed by atoms with Gasteiger partial charge >= 0.3 is 0 Å². The van der Waals surface area contributed by atoms with Gasteiger partial charge in [-0.2, -0.15) is 0 Å². The maximum absolute atomic E-state index is 12.3. The van der Waals surface area contributed by atoms with Crippen LogP contribution in [0, 0.1) is 0 Å². The van der Waals surface area contributed by atoms with Gasteiger partial charge in [0.25, 0.3) is 5.56 Å². The minimum Gasteiger partial charge on any atom is -0.497 e. The number of aromatic nitrogens is 1. The van der Waals surface area contributed by atoms with Crippen LogP contribution in [0.2, 0.25) is 0 Å². The Kier molecular flexibility index (Phi) is 2.48. The van der Waals surface area contributed by atoms with Gasteiger partial charge < -0.3 is 9.72 Å². The first-order valence-corrected chi connectivity index (χ1v) is 6.79. The van der Waals surface area contributed by atoms with E-state index in [1.165, 1.54) is 0 Å². The monoisotopic (exact) mass is 275 g/mol. The van der Waals surface area contributed by atoms with Crippen molar-refractivity contribution >= 4 is 32.4 Å². The third kappa shape index (κ3) is 1.71. The molecular weight excluding hydrogens is 262 g/mol. The van der Waals surface area contributed by atoms with Crippen molar-refractivity contribution < 1.29 is 4.74 Å². The van der Waals surface area contributed by atoms with Gasteiger partial charge in [0, 0.05) is 16.2 Å². The Bertz CT molecular complexity index is 1050. The summed E-state index contributed by atoms with van der Waals surface area (Å²) in [6.45, 7) is 0. The summed E-state index contributed by atoms with van der Waals surface area (Å²) >= 11 is 0. The van der Waals surface area contributed by atoms with Crippen LogP contribution in [0.15, 0.2) is 59.4 Å². The van der Waals surface area contributed by atoms with Crippen molar-refractivity contribution in [1.29, 1.82) is 0 Å². The third-order valence-electron chi connectivity index (χ3n) is 3.93. The summed E-state index contributed by atoms with van der Waals surface area (Å²) in [5, 5.41) is 4.83. The van der Waals surface area contributed by atoms with E-state index in [4.69, 9.17) is 4.74 Å². The van der Waals surface area contributed by atoms with Crippen molar-refractivity contribution in [2.75, 3.05) is 7.11 Å². The molecule has 0 spiro atoms. The Morgan fingerprint density at radius 2 is 1.62 bits per heavy atom. The number of benzene rings is 3. The summed E-state index contributed by atoms with van der Waals surface area (Å²) in [6.07, 6.45) is 0. The van der Waals surface area contributed by atoms with E-state index >= 15 is 0 Å². The van der Waals surface area contributed by atoms with E-state index in [2.05, 4.69) is 17.1 Å². The van der Waals surface area contributed by atoms with E-state index in [-0.39, 0.29) is 5.56 Å². The second-order valence-electron chi connectivity index (χ2n) is 5.07. The van der Waals surface area contributed by atoms with E-state index in [9.17, 15) is 4.79 Å². The minimum absolute atomic E-state index is 0.0542. The highest BCUT2D eigenvalue weighted by Crippen LogP contribution is 2.29. The minimum atomic E-state index is -0.0542. The number of pyridine rings is 1. The zero-order valence-corrected chi connectivity index (χ0v) is 11.5. The number of hydrogen-bond donors (Lipinski definition) is 1. The quantitative estimate of drug-likeness (QED) is 0.536. The summed E-state index contributed by atoms with van der Waals surface area (Å²) < 4.78 is 5.26. The number of nitrogens with one attached hydrogen (secondary N) is 1. The fraction of sp³-hybridized carbons (Fsp3) is 0.0556. The van der Waals surface area contributed by atoms with E-state index in [1.54, 1.807) is 7.11 Å². The highest BCUT2D eigenvalue weighted by molar-refractivity contribution is 6.15. The molecule has 3 heteroatoms. The van der Waals surface area contributed by atoms with Gasteiger partial charge in [-0.1, -0.05) is 30.3 Å². The molecule has 1 N–H and O–H groups in total. The summed E-state index contributed by atoms with van der Waals surface area (Å²) in [7, 11) is 1.65. The number of methoxy groups -OCH3 is 1. The van der Waals surface area contributed by atoms with Crippen molar-refractivity contribution in [2.24, 2.45) is 0 Å². The average Bonchev–Trinajstić information content (AvgIpc) is 2.54. The molecule has 0 aliphatic rings. The SMILES string of the molecule is COc1ccc2c(ccc3c4ccccc4c(=O)[nH]c23)c1. The number of fused-ring (bicyclic) bond motifs is 5. The van der Waals surface area contributed by atoms with Crippen LogP contribution in [-0.2, 0) is 0 Å². The number of rotatable bonds is 1. The molecule has 0 saturated heterocycles. The molecule has 4 rings (SSSR count). The fourth-order valence-corrected chi connectivity index (χ4v) is 2.89. The van der Waals surface area contributed by atoms with Crippen LogP contribution >= 0.6 is 0 Å². The largest absolute Gasteiger partial charge is 0.497 e. The first-order valence-electron chi connectivity index (χ1n) is 6.79.